The van der Waals surface area contributed by atoms with Crippen LogP contribution in [0.4, 0.5) is 4.79 Å². The van der Waals surface area contributed by atoms with E-state index < -0.39 is 5.60 Å². The van der Waals surface area contributed by atoms with E-state index in [4.69, 9.17) is 9.47 Å². The number of nitrogens with zero attached hydrogens (tertiary/aromatic N) is 2. The number of morpholine rings is 1. The molecule has 0 saturated carbocycles. The standard InChI is InChI=1S/C22H34N2O3/c1-22(2,3)27-21(25)24-11-9-19(10-12-24)20(23-13-15-26-16-14-23)17-18-7-5-4-6-8-18/h4-8,19-20H,9-17H2,1-3H3. The molecule has 2 fully saturated rings. The Morgan fingerprint density at radius 1 is 1.11 bits per heavy atom. The van der Waals surface area contributed by atoms with Crippen LogP contribution in [0.25, 0.3) is 0 Å². The van der Waals surface area contributed by atoms with Crippen molar-refractivity contribution in [2.45, 2.75) is 51.7 Å². The van der Waals surface area contributed by atoms with E-state index in [2.05, 4.69) is 35.2 Å². The van der Waals surface area contributed by atoms with Crippen molar-refractivity contribution in [2.24, 2.45) is 5.92 Å². The number of ether oxygens (including phenoxy) is 2. The Morgan fingerprint density at radius 2 is 1.74 bits per heavy atom. The van der Waals surface area contributed by atoms with Crippen LogP contribution in [-0.2, 0) is 15.9 Å². The molecule has 5 heteroatoms. The minimum absolute atomic E-state index is 0.174. The molecule has 5 nitrogen and oxygen atoms in total. The van der Waals surface area contributed by atoms with E-state index in [1.54, 1.807) is 0 Å². The first-order valence-electron chi connectivity index (χ1n) is 10.3. The molecule has 1 unspecified atom stereocenters. The van der Waals surface area contributed by atoms with Crippen LogP contribution < -0.4 is 0 Å². The zero-order chi connectivity index (χ0) is 19.3. The van der Waals surface area contributed by atoms with Gasteiger partial charge in [-0.15, -0.1) is 0 Å². The molecule has 3 rings (SSSR count). The summed E-state index contributed by atoms with van der Waals surface area (Å²) >= 11 is 0. The third-order valence-electron chi connectivity index (χ3n) is 5.54. The average molecular weight is 375 g/mol. The highest BCUT2D eigenvalue weighted by molar-refractivity contribution is 5.68. The first-order valence-corrected chi connectivity index (χ1v) is 10.3. The van der Waals surface area contributed by atoms with Crippen LogP contribution >= 0.6 is 0 Å². The van der Waals surface area contributed by atoms with Gasteiger partial charge in [-0.25, -0.2) is 4.79 Å². The molecule has 0 aliphatic carbocycles. The number of carbonyl (C=O) groups is 1. The molecular weight excluding hydrogens is 340 g/mol. The van der Waals surface area contributed by atoms with Crippen LogP contribution in [0, 0.1) is 5.92 Å². The molecule has 2 aliphatic heterocycles. The van der Waals surface area contributed by atoms with Gasteiger partial charge in [0.1, 0.15) is 5.60 Å². The summed E-state index contributed by atoms with van der Waals surface area (Å²) in [5.41, 5.74) is 0.959. The molecule has 1 atom stereocenters. The summed E-state index contributed by atoms with van der Waals surface area (Å²) in [6, 6.07) is 11.3. The Balaban J connectivity index is 1.62. The van der Waals surface area contributed by atoms with Gasteiger partial charge in [-0.3, -0.25) is 4.90 Å². The predicted octanol–water partition coefficient (Wildman–Crippen LogP) is 3.58. The topological polar surface area (TPSA) is 42.0 Å². The number of amides is 1. The van der Waals surface area contributed by atoms with Crippen LogP contribution in [0.15, 0.2) is 30.3 Å². The lowest BCUT2D eigenvalue weighted by Crippen LogP contribution is -2.51. The number of carbonyl (C=O) groups excluding carboxylic acids is 1. The second kappa shape index (κ2) is 9.07. The van der Waals surface area contributed by atoms with Crippen molar-refractivity contribution in [2.75, 3.05) is 39.4 Å². The smallest absolute Gasteiger partial charge is 0.410 e. The van der Waals surface area contributed by atoms with Crippen molar-refractivity contribution >= 4 is 6.09 Å². The van der Waals surface area contributed by atoms with E-state index in [0.29, 0.717) is 12.0 Å². The van der Waals surface area contributed by atoms with Crippen molar-refractivity contribution < 1.29 is 14.3 Å². The van der Waals surface area contributed by atoms with E-state index in [9.17, 15) is 4.79 Å². The molecule has 1 aromatic carbocycles. The van der Waals surface area contributed by atoms with E-state index in [1.807, 2.05) is 25.7 Å². The third-order valence-corrected chi connectivity index (χ3v) is 5.54. The van der Waals surface area contributed by atoms with Gasteiger partial charge < -0.3 is 14.4 Å². The summed E-state index contributed by atoms with van der Waals surface area (Å²) in [5.74, 6) is 0.599. The summed E-state index contributed by atoms with van der Waals surface area (Å²) in [7, 11) is 0. The average Bonchev–Trinajstić information content (AvgIpc) is 2.66. The fourth-order valence-corrected chi connectivity index (χ4v) is 4.15. The Bertz CT molecular complexity index is 585. The van der Waals surface area contributed by atoms with Crippen LogP contribution in [0.5, 0.6) is 0 Å². The zero-order valence-corrected chi connectivity index (χ0v) is 17.0. The molecule has 1 amide bonds. The molecule has 2 heterocycles. The highest BCUT2D eigenvalue weighted by atomic mass is 16.6. The number of hydrogen-bond acceptors (Lipinski definition) is 4. The summed E-state index contributed by atoms with van der Waals surface area (Å²) in [6.45, 7) is 11.0. The van der Waals surface area contributed by atoms with Crippen molar-refractivity contribution in [1.82, 2.24) is 9.80 Å². The second-order valence-electron chi connectivity index (χ2n) is 8.71. The zero-order valence-electron chi connectivity index (χ0n) is 17.0. The van der Waals surface area contributed by atoms with E-state index >= 15 is 0 Å². The minimum atomic E-state index is -0.433. The van der Waals surface area contributed by atoms with Crippen molar-refractivity contribution in [3.05, 3.63) is 35.9 Å². The second-order valence-corrected chi connectivity index (χ2v) is 8.71. The SMILES string of the molecule is CC(C)(C)OC(=O)N1CCC(C(Cc2ccccc2)N2CCOCC2)CC1. The van der Waals surface area contributed by atoms with E-state index in [0.717, 1.165) is 58.7 Å². The van der Waals surface area contributed by atoms with Crippen molar-refractivity contribution in [1.29, 1.82) is 0 Å². The highest BCUT2D eigenvalue weighted by Crippen LogP contribution is 2.28. The molecule has 27 heavy (non-hydrogen) atoms. The first-order chi connectivity index (χ1) is 12.9. The Kier molecular flexibility index (Phi) is 6.77. The molecule has 0 N–H and O–H groups in total. The summed E-state index contributed by atoms with van der Waals surface area (Å²) in [5, 5.41) is 0. The summed E-state index contributed by atoms with van der Waals surface area (Å²) < 4.78 is 11.1. The quantitative estimate of drug-likeness (QED) is 0.808. The van der Waals surface area contributed by atoms with Gasteiger partial charge in [0.15, 0.2) is 0 Å². The van der Waals surface area contributed by atoms with Gasteiger partial charge in [-0.2, -0.15) is 0 Å². The molecular formula is C22H34N2O3. The maximum Gasteiger partial charge on any atom is 0.410 e. The predicted molar refractivity (Wildman–Crippen MR) is 107 cm³/mol. The Labute approximate surface area is 163 Å². The summed E-state index contributed by atoms with van der Waals surface area (Å²) in [4.78, 5) is 16.8. The number of likely N-dealkylation sites (tertiary alicyclic amines) is 1. The van der Waals surface area contributed by atoms with Crippen LogP contribution in [0.1, 0.15) is 39.2 Å². The van der Waals surface area contributed by atoms with E-state index in [1.165, 1.54) is 5.56 Å². The monoisotopic (exact) mass is 374 g/mol. The van der Waals surface area contributed by atoms with Gasteiger partial charge in [0, 0.05) is 32.2 Å². The van der Waals surface area contributed by atoms with Gasteiger partial charge in [-0.1, -0.05) is 30.3 Å². The summed E-state index contributed by atoms with van der Waals surface area (Å²) in [6.07, 6.45) is 2.96. The van der Waals surface area contributed by atoms with E-state index in [-0.39, 0.29) is 6.09 Å². The normalized spacial score (nSPS) is 21.1. The molecule has 0 spiro atoms. The van der Waals surface area contributed by atoms with Crippen molar-refractivity contribution in [3.63, 3.8) is 0 Å². The molecule has 1 aromatic rings. The number of hydrogen-bond donors (Lipinski definition) is 0. The van der Waals surface area contributed by atoms with Crippen LogP contribution in [-0.4, -0.2) is 66.9 Å². The molecule has 2 aliphatic rings. The van der Waals surface area contributed by atoms with Gasteiger partial charge in [0.05, 0.1) is 13.2 Å². The lowest BCUT2D eigenvalue weighted by molar-refractivity contribution is -0.0122. The number of rotatable bonds is 4. The lowest BCUT2D eigenvalue weighted by atomic mass is 9.84. The van der Waals surface area contributed by atoms with Gasteiger partial charge >= 0.3 is 6.09 Å². The fourth-order valence-electron chi connectivity index (χ4n) is 4.15. The molecule has 0 bridgehead atoms. The molecule has 0 aromatic heterocycles. The number of benzene rings is 1. The van der Waals surface area contributed by atoms with Crippen LogP contribution in [0.3, 0.4) is 0 Å². The minimum Gasteiger partial charge on any atom is -0.444 e. The molecule has 0 radical (unpaired) electrons. The maximum atomic E-state index is 12.4. The molecule has 150 valence electrons. The highest BCUT2D eigenvalue weighted by Gasteiger charge is 2.34. The first kappa shape index (κ1) is 20.2. The van der Waals surface area contributed by atoms with Crippen LogP contribution in [0.2, 0.25) is 0 Å². The van der Waals surface area contributed by atoms with Gasteiger partial charge in [0.25, 0.3) is 0 Å². The Hall–Kier alpha value is -1.59. The Morgan fingerprint density at radius 3 is 2.33 bits per heavy atom. The largest absolute Gasteiger partial charge is 0.444 e. The van der Waals surface area contributed by atoms with Crippen molar-refractivity contribution in [3.8, 4) is 0 Å². The third kappa shape index (κ3) is 5.94. The lowest BCUT2D eigenvalue weighted by Gasteiger charge is -2.42. The fraction of sp³-hybridized carbons (Fsp3) is 0.682. The number of piperidine rings is 1. The van der Waals surface area contributed by atoms with Gasteiger partial charge in [-0.05, 0) is 51.5 Å². The molecule has 2 saturated heterocycles. The maximum absolute atomic E-state index is 12.4. The van der Waals surface area contributed by atoms with Gasteiger partial charge in [0.2, 0.25) is 0 Å².